The summed E-state index contributed by atoms with van der Waals surface area (Å²) in [5, 5.41) is 6.80. The average Bonchev–Trinajstić information content (AvgIpc) is 2.79. The summed E-state index contributed by atoms with van der Waals surface area (Å²) < 4.78 is 33.0. The molecule has 0 aromatic heterocycles. The van der Waals surface area contributed by atoms with Crippen molar-refractivity contribution in [2.75, 3.05) is 11.9 Å². The predicted molar refractivity (Wildman–Crippen MR) is 143 cm³/mol. The van der Waals surface area contributed by atoms with E-state index in [2.05, 4.69) is 15.1 Å². The number of nitrogens with one attached hydrogen (secondary N) is 2. The number of rotatable bonds is 11. The molecule has 0 bridgehead atoms. The first-order valence-electron chi connectivity index (χ1n) is 11.3. The molecule has 4 N–H and O–H groups in total. The Kier molecular flexibility index (Phi) is 9.32. The first-order chi connectivity index (χ1) is 17.2. The number of ether oxygens (including phenoxy) is 1. The Labute approximate surface area is 216 Å². The van der Waals surface area contributed by atoms with Gasteiger partial charge in [-0.05, 0) is 54.8 Å². The van der Waals surface area contributed by atoms with Gasteiger partial charge in [0.05, 0.1) is 17.8 Å². The fraction of sp³-hybridized carbons (Fsp3) is 0.231. The maximum absolute atomic E-state index is 12.5. The van der Waals surface area contributed by atoms with Gasteiger partial charge in [0, 0.05) is 30.6 Å². The molecule has 8 nitrogen and oxygen atoms in total. The molecule has 0 aliphatic heterocycles. The zero-order chi connectivity index (χ0) is 26.1. The minimum atomic E-state index is -4.05. The van der Waals surface area contributed by atoms with Gasteiger partial charge in [-0.2, -0.15) is 5.10 Å². The number of aryl methyl sites for hydroxylation is 1. The molecule has 1 amide bonds. The van der Waals surface area contributed by atoms with E-state index in [0.717, 1.165) is 28.8 Å². The van der Waals surface area contributed by atoms with Crippen molar-refractivity contribution in [2.45, 2.75) is 37.6 Å². The number of carbonyl (C=O) groups is 1. The third-order valence-corrected chi connectivity index (χ3v) is 7.07. The van der Waals surface area contributed by atoms with Crippen LogP contribution in [0.1, 0.15) is 30.0 Å². The molecule has 0 spiro atoms. The summed E-state index contributed by atoms with van der Waals surface area (Å²) >= 11 is 5.96. The summed E-state index contributed by atoms with van der Waals surface area (Å²) in [6.45, 7) is 4.23. The highest BCUT2D eigenvalue weighted by Gasteiger charge is 2.21. The van der Waals surface area contributed by atoms with Gasteiger partial charge in [-0.15, -0.1) is 0 Å². The first kappa shape index (κ1) is 27.0. The lowest BCUT2D eigenvalue weighted by Crippen LogP contribution is -2.34. The van der Waals surface area contributed by atoms with E-state index in [-0.39, 0.29) is 22.4 Å². The molecule has 3 aromatic carbocycles. The van der Waals surface area contributed by atoms with E-state index < -0.39 is 15.9 Å². The Hall–Kier alpha value is -3.56. The minimum Gasteiger partial charge on any atom is -0.493 e. The van der Waals surface area contributed by atoms with E-state index in [9.17, 15) is 13.2 Å². The molecule has 1 atom stereocenters. The molecule has 0 saturated carbocycles. The van der Waals surface area contributed by atoms with E-state index in [1.807, 2.05) is 49.4 Å². The van der Waals surface area contributed by atoms with Gasteiger partial charge in [-0.1, -0.05) is 48.0 Å². The van der Waals surface area contributed by atoms with E-state index in [1.165, 1.54) is 12.1 Å². The lowest BCUT2D eigenvalue weighted by molar-refractivity contribution is -0.119. The number of sulfonamides is 1. The lowest BCUT2D eigenvalue weighted by Gasteiger charge is -2.17. The highest BCUT2D eigenvalue weighted by atomic mass is 35.5. The molecule has 0 heterocycles. The van der Waals surface area contributed by atoms with Gasteiger partial charge in [0.1, 0.15) is 10.6 Å². The van der Waals surface area contributed by atoms with Gasteiger partial charge >= 0.3 is 0 Å². The van der Waals surface area contributed by atoms with Crippen molar-refractivity contribution in [3.63, 3.8) is 0 Å². The number of anilines is 1. The largest absolute Gasteiger partial charge is 0.493 e. The van der Waals surface area contributed by atoms with E-state index in [4.69, 9.17) is 22.2 Å². The molecule has 0 aliphatic carbocycles. The van der Waals surface area contributed by atoms with E-state index in [0.29, 0.717) is 12.4 Å². The van der Waals surface area contributed by atoms with Crippen molar-refractivity contribution < 1.29 is 17.9 Å². The van der Waals surface area contributed by atoms with Crippen LogP contribution in [0.4, 0.5) is 5.69 Å². The Bertz CT molecular complexity index is 1330. The summed E-state index contributed by atoms with van der Waals surface area (Å²) in [6.07, 6.45) is 2.26. The summed E-state index contributed by atoms with van der Waals surface area (Å²) in [5.74, 6) is 5.23. The maximum Gasteiger partial charge on any atom is 0.265 e. The number of nitrogens with two attached hydrogens (primary N) is 1. The standard InChI is InChI=1S/C26H29ClN4O4S/c1-18-13-22(16-23(14-18)35-12-11-20-7-9-21(10-8-20)17-29-28)30-19(2)15-26(32)31-36(33,34)25-6-4-3-5-24(25)27/h3-10,13-14,16-17,19,30H,11-12,15,28H2,1-2H3,(H,31,32). The Morgan fingerprint density at radius 1 is 1.14 bits per heavy atom. The van der Waals surface area contributed by atoms with Crippen molar-refractivity contribution in [3.8, 4) is 5.75 Å². The monoisotopic (exact) mass is 528 g/mol. The van der Waals surface area contributed by atoms with Gasteiger partial charge in [0.15, 0.2) is 0 Å². The van der Waals surface area contributed by atoms with Crippen LogP contribution in [-0.2, 0) is 21.2 Å². The van der Waals surface area contributed by atoms with Crippen LogP contribution in [0.5, 0.6) is 5.75 Å². The van der Waals surface area contributed by atoms with E-state index in [1.54, 1.807) is 25.3 Å². The smallest absolute Gasteiger partial charge is 0.265 e. The molecule has 190 valence electrons. The van der Waals surface area contributed by atoms with Crippen LogP contribution in [0.25, 0.3) is 0 Å². The van der Waals surface area contributed by atoms with Gasteiger partial charge in [-0.3, -0.25) is 4.79 Å². The van der Waals surface area contributed by atoms with Crippen LogP contribution < -0.4 is 20.6 Å². The van der Waals surface area contributed by atoms with Crippen LogP contribution in [0, 0.1) is 6.92 Å². The van der Waals surface area contributed by atoms with Gasteiger partial charge in [0.25, 0.3) is 10.0 Å². The second kappa shape index (κ2) is 12.4. The Balaban J connectivity index is 1.54. The number of hydrogen-bond acceptors (Lipinski definition) is 7. The zero-order valence-corrected chi connectivity index (χ0v) is 21.6. The lowest BCUT2D eigenvalue weighted by atomic mass is 10.1. The van der Waals surface area contributed by atoms with E-state index >= 15 is 0 Å². The SMILES string of the molecule is Cc1cc(NC(C)CC(=O)NS(=O)(=O)c2ccccc2Cl)cc(OCCc2ccc(C=NN)cc2)c1. The van der Waals surface area contributed by atoms with Crippen LogP contribution in [0.15, 0.2) is 76.7 Å². The topological polar surface area (TPSA) is 123 Å². The van der Waals surface area contributed by atoms with Crippen molar-refractivity contribution in [2.24, 2.45) is 10.9 Å². The molecule has 3 rings (SSSR count). The van der Waals surface area contributed by atoms with Crippen molar-refractivity contribution in [1.29, 1.82) is 0 Å². The van der Waals surface area contributed by atoms with Gasteiger partial charge in [-0.25, -0.2) is 13.1 Å². The minimum absolute atomic E-state index is 0.0503. The number of hydrazone groups is 1. The molecular formula is C26H29ClN4O4S. The number of benzene rings is 3. The second-order valence-corrected chi connectivity index (χ2v) is 10.4. The van der Waals surface area contributed by atoms with Crippen LogP contribution >= 0.6 is 11.6 Å². The molecule has 0 radical (unpaired) electrons. The highest BCUT2D eigenvalue weighted by molar-refractivity contribution is 7.90. The summed E-state index contributed by atoms with van der Waals surface area (Å²) in [5.41, 5.74) is 3.81. The third-order valence-electron chi connectivity index (χ3n) is 5.19. The normalized spacial score (nSPS) is 12.3. The van der Waals surface area contributed by atoms with Gasteiger partial charge < -0.3 is 15.9 Å². The van der Waals surface area contributed by atoms with Crippen molar-refractivity contribution >= 4 is 39.4 Å². The summed E-state index contributed by atoms with van der Waals surface area (Å²) in [4.78, 5) is 12.3. The molecule has 0 aliphatic rings. The highest BCUT2D eigenvalue weighted by Crippen LogP contribution is 2.23. The zero-order valence-electron chi connectivity index (χ0n) is 20.1. The average molecular weight is 529 g/mol. The van der Waals surface area contributed by atoms with Crippen LogP contribution in [-0.4, -0.2) is 33.2 Å². The molecule has 10 heteroatoms. The third kappa shape index (κ3) is 8.00. The number of nitrogens with zero attached hydrogens (tertiary/aromatic N) is 1. The predicted octanol–water partition coefficient (Wildman–Crippen LogP) is 4.26. The molecule has 3 aromatic rings. The summed E-state index contributed by atoms with van der Waals surface area (Å²) in [7, 11) is -4.05. The molecule has 0 saturated heterocycles. The number of halogens is 1. The molecule has 1 unspecified atom stereocenters. The number of hydrogen-bond donors (Lipinski definition) is 3. The molecule has 36 heavy (non-hydrogen) atoms. The number of amides is 1. The Morgan fingerprint density at radius 2 is 1.86 bits per heavy atom. The molecular weight excluding hydrogens is 500 g/mol. The van der Waals surface area contributed by atoms with Gasteiger partial charge in [0.2, 0.25) is 5.91 Å². The maximum atomic E-state index is 12.5. The first-order valence-corrected chi connectivity index (χ1v) is 13.2. The van der Waals surface area contributed by atoms with Crippen LogP contribution in [0.3, 0.4) is 0 Å². The Morgan fingerprint density at radius 3 is 2.56 bits per heavy atom. The van der Waals surface area contributed by atoms with Crippen molar-refractivity contribution in [3.05, 3.63) is 88.4 Å². The molecule has 0 fully saturated rings. The summed E-state index contributed by atoms with van der Waals surface area (Å²) in [6, 6.07) is 19.2. The fourth-order valence-electron chi connectivity index (χ4n) is 3.58. The van der Waals surface area contributed by atoms with Crippen LogP contribution in [0.2, 0.25) is 5.02 Å². The quantitative estimate of drug-likeness (QED) is 0.194. The second-order valence-electron chi connectivity index (χ2n) is 8.36. The van der Waals surface area contributed by atoms with Crippen molar-refractivity contribution in [1.82, 2.24) is 4.72 Å². The number of carbonyl (C=O) groups excluding carboxylic acids is 1. The fourth-order valence-corrected chi connectivity index (χ4v) is 5.10.